The van der Waals surface area contributed by atoms with Crippen LogP contribution in [-0.2, 0) is 14.8 Å². The summed E-state index contributed by atoms with van der Waals surface area (Å²) in [6.45, 7) is 6.08. The van der Waals surface area contributed by atoms with E-state index >= 15 is 0 Å². The molecule has 1 fully saturated rings. The lowest BCUT2D eigenvalue weighted by Gasteiger charge is -2.32. The molecule has 0 radical (unpaired) electrons. The molecule has 1 aliphatic heterocycles. The van der Waals surface area contributed by atoms with Gasteiger partial charge in [0.05, 0.1) is 16.5 Å². The lowest BCUT2D eigenvalue weighted by atomic mass is 10.1. The first-order chi connectivity index (χ1) is 12.0. The largest absolute Gasteiger partial charge is 0.496 e. The molecule has 26 heavy (non-hydrogen) atoms. The minimum Gasteiger partial charge on any atom is -0.496 e. The van der Waals surface area contributed by atoms with Crippen LogP contribution in [0.15, 0.2) is 27.6 Å². The Hall–Kier alpha value is -1.32. The van der Waals surface area contributed by atoms with Crippen molar-refractivity contribution >= 4 is 32.0 Å². The fourth-order valence-electron chi connectivity index (χ4n) is 2.67. The summed E-state index contributed by atoms with van der Waals surface area (Å²) < 4.78 is 38.0. The Morgan fingerprint density at radius 2 is 1.88 bits per heavy atom. The van der Waals surface area contributed by atoms with Crippen molar-refractivity contribution < 1.29 is 22.7 Å². The Morgan fingerprint density at radius 1 is 1.27 bits per heavy atom. The van der Waals surface area contributed by atoms with Crippen molar-refractivity contribution in [2.24, 2.45) is 0 Å². The molecule has 1 N–H and O–H groups in total. The summed E-state index contributed by atoms with van der Waals surface area (Å²) in [5.74, 6) is 0.573. The van der Waals surface area contributed by atoms with Gasteiger partial charge in [-0.25, -0.2) is 13.2 Å². The lowest BCUT2D eigenvalue weighted by molar-refractivity contribution is 0.0489. The highest BCUT2D eigenvalue weighted by atomic mass is 79.9. The average Bonchev–Trinajstić information content (AvgIpc) is 2.53. The topological polar surface area (TPSA) is 84.9 Å². The van der Waals surface area contributed by atoms with Crippen molar-refractivity contribution in [1.82, 2.24) is 9.62 Å². The van der Waals surface area contributed by atoms with Gasteiger partial charge < -0.3 is 14.8 Å². The maximum absolute atomic E-state index is 12.8. The third-order valence-electron chi connectivity index (χ3n) is 3.94. The molecule has 146 valence electrons. The zero-order chi connectivity index (χ0) is 19.5. The third-order valence-corrected chi connectivity index (χ3v) is 6.45. The number of rotatable bonds is 4. The van der Waals surface area contributed by atoms with E-state index in [2.05, 4.69) is 21.2 Å². The predicted molar refractivity (Wildman–Crippen MR) is 102 cm³/mol. The van der Waals surface area contributed by atoms with E-state index in [1.165, 1.54) is 17.5 Å². The molecule has 7 nitrogen and oxygen atoms in total. The smallest absolute Gasteiger partial charge is 0.407 e. The van der Waals surface area contributed by atoms with Gasteiger partial charge in [0.25, 0.3) is 0 Å². The summed E-state index contributed by atoms with van der Waals surface area (Å²) in [5.41, 5.74) is -0.560. The van der Waals surface area contributed by atoms with Crippen molar-refractivity contribution in [2.75, 3.05) is 20.2 Å². The molecule has 1 aliphatic rings. The van der Waals surface area contributed by atoms with Gasteiger partial charge in [0, 0.05) is 19.1 Å². The van der Waals surface area contributed by atoms with Crippen LogP contribution in [-0.4, -0.2) is 50.7 Å². The molecule has 0 saturated carbocycles. The molecule has 1 aromatic rings. The summed E-state index contributed by atoms with van der Waals surface area (Å²) in [5, 5.41) is 2.80. The van der Waals surface area contributed by atoms with Gasteiger partial charge in [-0.05, 0) is 67.7 Å². The fourth-order valence-corrected chi connectivity index (χ4v) is 4.86. The van der Waals surface area contributed by atoms with Gasteiger partial charge in [0.1, 0.15) is 11.4 Å². The molecule has 0 atom stereocenters. The minimum atomic E-state index is -3.59. The van der Waals surface area contributed by atoms with Crippen LogP contribution in [0.3, 0.4) is 0 Å². The van der Waals surface area contributed by atoms with Gasteiger partial charge in [-0.1, -0.05) is 0 Å². The van der Waals surface area contributed by atoms with Crippen molar-refractivity contribution in [1.29, 1.82) is 0 Å². The van der Waals surface area contributed by atoms with E-state index in [9.17, 15) is 13.2 Å². The summed E-state index contributed by atoms with van der Waals surface area (Å²) in [6, 6.07) is 4.59. The molecule has 1 aromatic carbocycles. The number of alkyl carbamates (subject to hydrolysis) is 1. The van der Waals surface area contributed by atoms with Gasteiger partial charge in [-0.15, -0.1) is 0 Å². The monoisotopic (exact) mass is 448 g/mol. The number of carbonyl (C=O) groups excluding carboxylic acids is 1. The molecular formula is C17H25BrN2O5S. The maximum atomic E-state index is 12.8. The molecule has 0 aromatic heterocycles. The van der Waals surface area contributed by atoms with Gasteiger partial charge in [-0.3, -0.25) is 0 Å². The van der Waals surface area contributed by atoms with Crippen molar-refractivity contribution in [3.63, 3.8) is 0 Å². The molecule has 0 spiro atoms. The number of carbonyl (C=O) groups is 1. The summed E-state index contributed by atoms with van der Waals surface area (Å²) in [6.07, 6.45) is 0.601. The number of benzene rings is 1. The van der Waals surface area contributed by atoms with E-state index in [0.717, 1.165) is 0 Å². The first-order valence-electron chi connectivity index (χ1n) is 8.36. The highest BCUT2D eigenvalue weighted by Gasteiger charge is 2.31. The van der Waals surface area contributed by atoms with Crippen molar-refractivity contribution in [2.45, 2.75) is 50.2 Å². The van der Waals surface area contributed by atoms with Crippen LogP contribution in [0.4, 0.5) is 4.79 Å². The number of halogens is 1. The standard InChI is InChI=1S/C17H25BrN2O5S/c1-17(2,3)25-16(21)19-12-7-9-20(10-8-12)26(22,23)13-5-6-15(24-4)14(18)11-13/h5-6,11-12H,7-10H2,1-4H3,(H,19,21). The molecule has 1 heterocycles. The maximum Gasteiger partial charge on any atom is 0.407 e. The normalized spacial score (nSPS) is 17.0. The number of hydrogen-bond acceptors (Lipinski definition) is 5. The van der Waals surface area contributed by atoms with Crippen LogP contribution in [0.1, 0.15) is 33.6 Å². The second kappa shape index (κ2) is 8.14. The molecule has 2 rings (SSSR count). The zero-order valence-corrected chi connectivity index (χ0v) is 17.8. The number of ether oxygens (including phenoxy) is 2. The number of amides is 1. The second-order valence-corrected chi connectivity index (χ2v) is 9.91. The number of sulfonamides is 1. The van der Waals surface area contributed by atoms with Gasteiger partial charge >= 0.3 is 6.09 Å². The summed E-state index contributed by atoms with van der Waals surface area (Å²) in [4.78, 5) is 12.1. The molecule has 1 saturated heterocycles. The molecule has 9 heteroatoms. The van der Waals surface area contributed by atoms with E-state index in [0.29, 0.717) is 36.2 Å². The lowest BCUT2D eigenvalue weighted by Crippen LogP contribution is -2.47. The zero-order valence-electron chi connectivity index (χ0n) is 15.4. The average molecular weight is 449 g/mol. The number of nitrogens with zero attached hydrogens (tertiary/aromatic N) is 1. The van der Waals surface area contributed by atoms with E-state index in [1.807, 2.05) is 0 Å². The van der Waals surface area contributed by atoms with Gasteiger partial charge in [-0.2, -0.15) is 4.31 Å². The minimum absolute atomic E-state index is 0.0982. The SMILES string of the molecule is COc1ccc(S(=O)(=O)N2CCC(NC(=O)OC(C)(C)C)CC2)cc1Br. The van der Waals surface area contributed by atoms with Crippen molar-refractivity contribution in [3.8, 4) is 5.75 Å². The quantitative estimate of drug-likeness (QED) is 0.764. The van der Waals surface area contributed by atoms with Crippen LogP contribution < -0.4 is 10.1 Å². The van der Waals surface area contributed by atoms with Gasteiger partial charge in [0.15, 0.2) is 0 Å². The molecular weight excluding hydrogens is 424 g/mol. The number of methoxy groups -OCH3 is 1. The Bertz CT molecular complexity index is 753. The van der Waals surface area contributed by atoms with Gasteiger partial charge in [0.2, 0.25) is 10.0 Å². The Kier molecular flexibility index (Phi) is 6.57. The van der Waals surface area contributed by atoms with E-state index in [-0.39, 0.29) is 10.9 Å². The molecule has 1 amide bonds. The highest BCUT2D eigenvalue weighted by Crippen LogP contribution is 2.29. The molecule has 0 aliphatic carbocycles. The summed E-state index contributed by atoms with van der Waals surface area (Å²) in [7, 11) is -2.06. The van der Waals surface area contributed by atoms with E-state index in [1.54, 1.807) is 32.9 Å². The second-order valence-electron chi connectivity index (χ2n) is 7.12. The Morgan fingerprint density at radius 3 is 2.38 bits per heavy atom. The van der Waals surface area contributed by atoms with Crippen LogP contribution in [0.2, 0.25) is 0 Å². The van der Waals surface area contributed by atoms with Crippen LogP contribution >= 0.6 is 15.9 Å². The van der Waals surface area contributed by atoms with Crippen LogP contribution in [0.5, 0.6) is 5.75 Å². The summed E-state index contributed by atoms with van der Waals surface area (Å²) >= 11 is 3.31. The fraction of sp³-hybridized carbons (Fsp3) is 0.588. The van der Waals surface area contributed by atoms with Crippen LogP contribution in [0, 0.1) is 0 Å². The van der Waals surface area contributed by atoms with E-state index in [4.69, 9.17) is 9.47 Å². The Balaban J connectivity index is 1.98. The number of piperidine rings is 1. The first-order valence-corrected chi connectivity index (χ1v) is 10.6. The Labute approximate surface area is 163 Å². The number of hydrogen-bond donors (Lipinski definition) is 1. The van der Waals surface area contributed by atoms with Crippen LogP contribution in [0.25, 0.3) is 0 Å². The number of nitrogens with one attached hydrogen (secondary N) is 1. The molecule has 0 bridgehead atoms. The molecule has 0 unspecified atom stereocenters. The first kappa shape index (κ1) is 21.0. The highest BCUT2D eigenvalue weighted by molar-refractivity contribution is 9.10. The third kappa shape index (κ3) is 5.34. The van der Waals surface area contributed by atoms with E-state index < -0.39 is 21.7 Å². The predicted octanol–water partition coefficient (Wildman–Crippen LogP) is 3.14. The van der Waals surface area contributed by atoms with Crippen molar-refractivity contribution in [3.05, 3.63) is 22.7 Å².